The lowest BCUT2D eigenvalue weighted by Gasteiger charge is -1.92. The van der Waals surface area contributed by atoms with Crippen molar-refractivity contribution in [2.45, 2.75) is 0 Å². The van der Waals surface area contributed by atoms with E-state index >= 15 is 0 Å². The molecule has 2 heterocycles. The summed E-state index contributed by atoms with van der Waals surface area (Å²) in [5.74, 6) is 0. The van der Waals surface area contributed by atoms with Crippen molar-refractivity contribution in [1.29, 1.82) is 0 Å². The van der Waals surface area contributed by atoms with Crippen LogP contribution in [0.15, 0.2) is 35.4 Å². The molecule has 3 nitrogen and oxygen atoms in total. The molecule has 0 atom stereocenters. The second-order valence-electron chi connectivity index (χ2n) is 3.51. The largest absolute Gasteiger partial charge is 0.361 e. The molecule has 2 aromatic heterocycles. The highest BCUT2D eigenvalue weighted by Crippen LogP contribution is 2.19. The van der Waals surface area contributed by atoms with Crippen molar-refractivity contribution in [3.8, 4) is 0 Å². The van der Waals surface area contributed by atoms with E-state index in [4.69, 9.17) is 0 Å². The number of aryl methyl sites for hydroxylation is 1. The Morgan fingerprint density at radius 1 is 1.29 bits per heavy atom. The molecule has 14 heavy (non-hydrogen) atoms. The Hall–Kier alpha value is -1.90. The summed E-state index contributed by atoms with van der Waals surface area (Å²) in [6, 6.07) is 5.42. The van der Waals surface area contributed by atoms with Crippen LogP contribution in [-0.2, 0) is 7.05 Å². The summed E-state index contributed by atoms with van der Waals surface area (Å²) < 4.78 is 1.88. The number of aromatic amines is 1. The molecule has 0 aliphatic carbocycles. The molecule has 0 aliphatic rings. The predicted molar refractivity (Wildman–Crippen MR) is 54.4 cm³/mol. The van der Waals surface area contributed by atoms with E-state index in [1.807, 2.05) is 36.1 Å². The van der Waals surface area contributed by atoms with Crippen LogP contribution in [0.4, 0.5) is 0 Å². The first-order valence-electron chi connectivity index (χ1n) is 4.49. The Kier molecular flexibility index (Phi) is 1.24. The summed E-state index contributed by atoms with van der Waals surface area (Å²) >= 11 is 0. The second kappa shape index (κ2) is 2.32. The maximum Gasteiger partial charge on any atom is 0.263 e. The van der Waals surface area contributed by atoms with E-state index in [9.17, 15) is 4.79 Å². The van der Waals surface area contributed by atoms with Crippen LogP contribution in [-0.4, -0.2) is 4.98 Å². The van der Waals surface area contributed by atoms with E-state index < -0.39 is 0 Å². The number of pyridine rings is 1. The topological polar surface area (TPSA) is 36.7 Å². The van der Waals surface area contributed by atoms with Crippen LogP contribution in [0.1, 0.15) is 0 Å². The minimum atomic E-state index is 0.0783. The van der Waals surface area contributed by atoms with Gasteiger partial charge in [0.1, 0.15) is 7.05 Å². The predicted octanol–water partition coefficient (Wildman–Crippen LogP) is 0.944. The van der Waals surface area contributed by atoms with Crippen LogP contribution in [0.2, 0.25) is 0 Å². The number of benzene rings is 1. The number of nitrogens with zero attached hydrogens (tertiary/aromatic N) is 1. The molecule has 0 radical (unpaired) electrons. The van der Waals surface area contributed by atoms with Gasteiger partial charge in [0.25, 0.3) is 5.52 Å². The van der Waals surface area contributed by atoms with Crippen molar-refractivity contribution >= 4 is 21.8 Å². The molecule has 0 fully saturated rings. The zero-order valence-corrected chi connectivity index (χ0v) is 7.74. The number of aromatic nitrogens is 2. The highest BCUT2D eigenvalue weighted by molar-refractivity contribution is 6.05. The minimum absolute atomic E-state index is 0.0783. The van der Waals surface area contributed by atoms with Gasteiger partial charge in [0, 0.05) is 6.20 Å². The lowest BCUT2D eigenvalue weighted by Crippen LogP contribution is -2.29. The summed E-state index contributed by atoms with van der Waals surface area (Å²) in [5, 5.41) is 2.14. The normalized spacial score (nSPS) is 11.5. The van der Waals surface area contributed by atoms with Gasteiger partial charge in [-0.2, -0.15) is 4.57 Å². The van der Waals surface area contributed by atoms with Crippen LogP contribution >= 0.6 is 0 Å². The van der Waals surface area contributed by atoms with Gasteiger partial charge in [-0.3, -0.25) is 4.79 Å². The molecule has 3 rings (SSSR count). The lowest BCUT2D eigenvalue weighted by atomic mass is 10.1. The highest BCUT2D eigenvalue weighted by atomic mass is 16.1. The minimum Gasteiger partial charge on any atom is -0.361 e. The molecule has 0 aliphatic heterocycles. The molecule has 0 bridgehead atoms. The molecule has 3 heteroatoms. The number of hydrogen-bond donors (Lipinski definition) is 1. The van der Waals surface area contributed by atoms with Gasteiger partial charge in [0.05, 0.1) is 16.3 Å². The van der Waals surface area contributed by atoms with E-state index in [1.54, 1.807) is 6.07 Å². The third-order valence-corrected chi connectivity index (χ3v) is 2.62. The van der Waals surface area contributed by atoms with Crippen LogP contribution in [0.25, 0.3) is 21.8 Å². The SMILES string of the molecule is C[n+]1cc2cc[nH]c3ccc(=O)c1c23. The van der Waals surface area contributed by atoms with Crippen molar-refractivity contribution in [3.05, 3.63) is 40.8 Å². The smallest absolute Gasteiger partial charge is 0.263 e. The summed E-state index contributed by atoms with van der Waals surface area (Å²) in [6.45, 7) is 0. The van der Waals surface area contributed by atoms with E-state index in [2.05, 4.69) is 4.98 Å². The van der Waals surface area contributed by atoms with E-state index in [0.717, 1.165) is 21.8 Å². The molecular formula is C11H9N2O+. The van der Waals surface area contributed by atoms with Crippen LogP contribution in [0.3, 0.4) is 0 Å². The molecular weight excluding hydrogens is 176 g/mol. The van der Waals surface area contributed by atoms with Gasteiger partial charge in [0.15, 0.2) is 6.20 Å². The third kappa shape index (κ3) is 0.763. The molecule has 0 amide bonds. The fraction of sp³-hybridized carbons (Fsp3) is 0.0909. The summed E-state index contributed by atoms with van der Waals surface area (Å²) in [7, 11) is 1.90. The third-order valence-electron chi connectivity index (χ3n) is 2.62. The summed E-state index contributed by atoms with van der Waals surface area (Å²) in [6.07, 6.45) is 3.87. The molecule has 0 unspecified atom stereocenters. The number of nitrogens with one attached hydrogen (secondary N) is 1. The zero-order valence-electron chi connectivity index (χ0n) is 7.74. The van der Waals surface area contributed by atoms with Gasteiger partial charge in [-0.1, -0.05) is 0 Å². The Bertz CT molecular complexity index is 669. The molecule has 1 aromatic carbocycles. The summed E-state index contributed by atoms with van der Waals surface area (Å²) in [5.41, 5.74) is 1.86. The van der Waals surface area contributed by atoms with Crippen molar-refractivity contribution < 1.29 is 4.57 Å². The Labute approximate surface area is 79.9 Å². The molecule has 0 saturated heterocycles. The van der Waals surface area contributed by atoms with Crippen molar-refractivity contribution in [3.63, 3.8) is 0 Å². The first kappa shape index (κ1) is 7.50. The number of H-pyrrole nitrogens is 1. The fourth-order valence-electron chi connectivity index (χ4n) is 2.02. The monoisotopic (exact) mass is 185 g/mol. The van der Waals surface area contributed by atoms with Crippen molar-refractivity contribution in [2.24, 2.45) is 7.05 Å². The van der Waals surface area contributed by atoms with E-state index in [0.29, 0.717) is 0 Å². The average Bonchev–Trinajstić information content (AvgIpc) is 2.51. The van der Waals surface area contributed by atoms with Gasteiger partial charge < -0.3 is 4.98 Å². The van der Waals surface area contributed by atoms with Gasteiger partial charge in [-0.25, -0.2) is 0 Å². The quantitative estimate of drug-likeness (QED) is 0.520. The fourth-order valence-corrected chi connectivity index (χ4v) is 2.02. The highest BCUT2D eigenvalue weighted by Gasteiger charge is 2.16. The average molecular weight is 185 g/mol. The Morgan fingerprint density at radius 3 is 3.00 bits per heavy atom. The lowest BCUT2D eigenvalue weighted by molar-refractivity contribution is -0.642. The number of hydrogen-bond acceptors (Lipinski definition) is 1. The maximum absolute atomic E-state index is 11.6. The number of rotatable bonds is 0. The van der Waals surface area contributed by atoms with Gasteiger partial charge in [0.2, 0.25) is 5.43 Å². The van der Waals surface area contributed by atoms with Gasteiger partial charge >= 0.3 is 0 Å². The molecule has 3 aromatic rings. The van der Waals surface area contributed by atoms with Crippen LogP contribution in [0, 0.1) is 0 Å². The maximum atomic E-state index is 11.6. The van der Waals surface area contributed by atoms with Crippen molar-refractivity contribution in [2.75, 3.05) is 0 Å². The Morgan fingerprint density at radius 2 is 2.14 bits per heavy atom. The second-order valence-corrected chi connectivity index (χ2v) is 3.51. The molecule has 0 saturated carbocycles. The van der Waals surface area contributed by atoms with Gasteiger partial charge in [-0.15, -0.1) is 0 Å². The van der Waals surface area contributed by atoms with Crippen LogP contribution < -0.4 is 10.00 Å². The standard InChI is InChI=1S/C11H8N2O/c1-13-6-7-4-5-12-8-2-3-9(14)11(13)10(7)8/h2-6H,1H3/p+1. The van der Waals surface area contributed by atoms with E-state index in [1.165, 1.54) is 0 Å². The molecule has 1 N–H and O–H groups in total. The first-order valence-corrected chi connectivity index (χ1v) is 4.49. The van der Waals surface area contributed by atoms with Gasteiger partial charge in [-0.05, 0) is 18.2 Å². The molecule has 68 valence electrons. The van der Waals surface area contributed by atoms with Crippen LogP contribution in [0.5, 0.6) is 0 Å². The van der Waals surface area contributed by atoms with Crippen molar-refractivity contribution in [1.82, 2.24) is 4.98 Å². The molecule has 0 spiro atoms. The zero-order chi connectivity index (χ0) is 9.71. The van der Waals surface area contributed by atoms with E-state index in [-0.39, 0.29) is 5.43 Å². The Balaban J connectivity index is 2.81. The first-order chi connectivity index (χ1) is 6.77. The summed E-state index contributed by atoms with van der Waals surface area (Å²) in [4.78, 5) is 14.8.